The van der Waals surface area contributed by atoms with Crippen molar-refractivity contribution in [1.29, 1.82) is 0 Å². The minimum atomic E-state index is 0.873. The molecule has 0 atom stereocenters. The van der Waals surface area contributed by atoms with Crippen molar-refractivity contribution in [3.63, 3.8) is 0 Å². The Labute approximate surface area is 110 Å². The van der Waals surface area contributed by atoms with Gasteiger partial charge in [0.15, 0.2) is 11.5 Å². The fraction of sp³-hybridized carbons (Fsp3) is 0. The number of pyridine rings is 1. The highest BCUT2D eigenvalue weighted by molar-refractivity contribution is 5.83. The quantitative estimate of drug-likeness (QED) is 0.513. The highest BCUT2D eigenvalue weighted by Crippen LogP contribution is 2.23. The smallest absolute Gasteiger partial charge is 0.168 e. The van der Waals surface area contributed by atoms with E-state index in [0.29, 0.717) is 0 Å². The number of hydrogen-bond acceptors (Lipinski definition) is 2. The topological polar surface area (TPSA) is 30.2 Å². The lowest BCUT2D eigenvalue weighted by Gasteiger charge is -2.04. The summed E-state index contributed by atoms with van der Waals surface area (Å²) in [6, 6.07) is 22.5. The maximum atomic E-state index is 4.33. The number of benzene rings is 2. The van der Waals surface area contributed by atoms with Crippen LogP contribution < -0.4 is 0 Å². The summed E-state index contributed by atoms with van der Waals surface area (Å²) in [5.74, 6) is 0.882. The van der Waals surface area contributed by atoms with Crippen LogP contribution in [0, 0.1) is 0 Å². The second kappa shape index (κ2) is 3.92. The fourth-order valence-electron chi connectivity index (χ4n) is 2.41. The van der Waals surface area contributed by atoms with Gasteiger partial charge in [0.25, 0.3) is 0 Å². The maximum Gasteiger partial charge on any atom is 0.168 e. The second-order valence-electron chi connectivity index (χ2n) is 4.48. The summed E-state index contributed by atoms with van der Waals surface area (Å²) in [7, 11) is 0. The Kier molecular flexibility index (Phi) is 2.12. The zero-order chi connectivity index (χ0) is 12.7. The molecule has 0 aliphatic heterocycles. The van der Waals surface area contributed by atoms with Crippen molar-refractivity contribution < 1.29 is 0 Å². The Morgan fingerprint density at radius 3 is 2.37 bits per heavy atom. The lowest BCUT2D eigenvalue weighted by molar-refractivity contribution is 1.12. The van der Waals surface area contributed by atoms with Crippen molar-refractivity contribution in [3.8, 4) is 11.4 Å². The van der Waals surface area contributed by atoms with E-state index in [1.807, 2.05) is 36.4 Å². The Bertz CT molecular complexity index is 863. The third-order valence-electron chi connectivity index (χ3n) is 3.31. The first-order valence-electron chi connectivity index (χ1n) is 6.22. The van der Waals surface area contributed by atoms with Gasteiger partial charge in [-0.3, -0.25) is 4.40 Å². The van der Waals surface area contributed by atoms with E-state index in [1.54, 1.807) is 0 Å². The molecule has 19 heavy (non-hydrogen) atoms. The molecule has 0 aliphatic rings. The van der Waals surface area contributed by atoms with Gasteiger partial charge in [-0.2, -0.15) is 0 Å². The van der Waals surface area contributed by atoms with Crippen LogP contribution in [-0.4, -0.2) is 14.6 Å². The predicted octanol–water partition coefficient (Wildman–Crippen LogP) is 3.55. The van der Waals surface area contributed by atoms with Crippen molar-refractivity contribution in [1.82, 2.24) is 14.6 Å². The SMILES string of the molecule is c1ccc(-c2nnc3ccc4ccccc4n23)cc1. The summed E-state index contributed by atoms with van der Waals surface area (Å²) >= 11 is 0. The molecule has 0 N–H and O–H groups in total. The normalized spacial score (nSPS) is 11.2. The zero-order valence-electron chi connectivity index (χ0n) is 10.2. The Balaban J connectivity index is 2.15. The van der Waals surface area contributed by atoms with Crippen molar-refractivity contribution in [2.45, 2.75) is 0 Å². The number of rotatable bonds is 1. The Morgan fingerprint density at radius 1 is 0.684 bits per heavy atom. The standard InChI is InChI=1S/C16H11N3/c1-2-7-13(8-3-1)16-18-17-15-11-10-12-6-4-5-9-14(12)19(15)16/h1-11H. The third kappa shape index (κ3) is 1.52. The van der Waals surface area contributed by atoms with Crippen LogP contribution >= 0.6 is 0 Å². The number of fused-ring (bicyclic) bond motifs is 3. The van der Waals surface area contributed by atoms with Gasteiger partial charge in [-0.1, -0.05) is 48.5 Å². The first kappa shape index (κ1) is 10.3. The number of aromatic nitrogens is 3. The van der Waals surface area contributed by atoms with Gasteiger partial charge >= 0.3 is 0 Å². The first-order valence-corrected chi connectivity index (χ1v) is 6.22. The molecule has 2 aromatic carbocycles. The van der Waals surface area contributed by atoms with Crippen LogP contribution in [0.15, 0.2) is 66.7 Å². The van der Waals surface area contributed by atoms with Gasteiger partial charge in [0.05, 0.1) is 5.52 Å². The number of nitrogens with zero attached hydrogens (tertiary/aromatic N) is 3. The van der Waals surface area contributed by atoms with E-state index >= 15 is 0 Å². The Hall–Kier alpha value is -2.68. The molecule has 90 valence electrons. The summed E-state index contributed by atoms with van der Waals surface area (Å²) in [5.41, 5.74) is 3.08. The largest absolute Gasteiger partial charge is 0.275 e. The van der Waals surface area contributed by atoms with Crippen molar-refractivity contribution in [2.75, 3.05) is 0 Å². The van der Waals surface area contributed by atoms with E-state index in [-0.39, 0.29) is 0 Å². The molecule has 0 aliphatic carbocycles. The van der Waals surface area contributed by atoms with Crippen LogP contribution in [0.25, 0.3) is 27.9 Å². The molecule has 0 unspecified atom stereocenters. The van der Waals surface area contributed by atoms with Gasteiger partial charge in [-0.25, -0.2) is 0 Å². The van der Waals surface area contributed by atoms with Gasteiger partial charge in [-0.05, 0) is 23.6 Å². The molecule has 0 amide bonds. The monoisotopic (exact) mass is 245 g/mol. The molecule has 0 bridgehead atoms. The second-order valence-corrected chi connectivity index (χ2v) is 4.48. The van der Waals surface area contributed by atoms with E-state index in [1.165, 1.54) is 5.39 Å². The minimum Gasteiger partial charge on any atom is -0.275 e. The van der Waals surface area contributed by atoms with Gasteiger partial charge in [-0.15, -0.1) is 10.2 Å². The van der Waals surface area contributed by atoms with Crippen molar-refractivity contribution in [2.24, 2.45) is 0 Å². The summed E-state index contributed by atoms with van der Waals surface area (Å²) in [4.78, 5) is 0. The highest BCUT2D eigenvalue weighted by atomic mass is 15.2. The molecule has 0 saturated carbocycles. The average molecular weight is 245 g/mol. The van der Waals surface area contributed by atoms with Crippen LogP contribution in [0.1, 0.15) is 0 Å². The summed E-state index contributed by atoms with van der Waals surface area (Å²) in [5, 5.41) is 9.77. The van der Waals surface area contributed by atoms with E-state index < -0.39 is 0 Å². The van der Waals surface area contributed by atoms with E-state index in [2.05, 4.69) is 44.9 Å². The van der Waals surface area contributed by atoms with Crippen molar-refractivity contribution >= 4 is 16.6 Å². The average Bonchev–Trinajstić information content (AvgIpc) is 2.92. The molecule has 0 saturated heterocycles. The molecule has 0 fully saturated rings. The molecule has 0 spiro atoms. The minimum absolute atomic E-state index is 0.873. The molecule has 3 heteroatoms. The zero-order valence-corrected chi connectivity index (χ0v) is 10.2. The van der Waals surface area contributed by atoms with E-state index in [4.69, 9.17) is 0 Å². The first-order chi connectivity index (χ1) is 9.43. The molecule has 0 radical (unpaired) electrons. The highest BCUT2D eigenvalue weighted by Gasteiger charge is 2.09. The number of hydrogen-bond donors (Lipinski definition) is 0. The van der Waals surface area contributed by atoms with Crippen LogP contribution in [0.3, 0.4) is 0 Å². The van der Waals surface area contributed by atoms with Gasteiger partial charge < -0.3 is 0 Å². The molecular formula is C16H11N3. The molecule has 2 heterocycles. The van der Waals surface area contributed by atoms with Crippen LogP contribution in [0.5, 0.6) is 0 Å². The summed E-state index contributed by atoms with van der Waals surface area (Å²) < 4.78 is 2.10. The van der Waals surface area contributed by atoms with Crippen molar-refractivity contribution in [3.05, 3.63) is 66.7 Å². The molecule has 4 aromatic rings. The van der Waals surface area contributed by atoms with Gasteiger partial charge in [0, 0.05) is 5.56 Å². The molecule has 2 aromatic heterocycles. The molecular weight excluding hydrogens is 234 g/mol. The van der Waals surface area contributed by atoms with E-state index in [9.17, 15) is 0 Å². The summed E-state index contributed by atoms with van der Waals surface area (Å²) in [6.45, 7) is 0. The van der Waals surface area contributed by atoms with Crippen LogP contribution in [0.2, 0.25) is 0 Å². The fourth-order valence-corrected chi connectivity index (χ4v) is 2.41. The van der Waals surface area contributed by atoms with Crippen LogP contribution in [0.4, 0.5) is 0 Å². The lowest BCUT2D eigenvalue weighted by atomic mass is 10.2. The van der Waals surface area contributed by atoms with Crippen LogP contribution in [-0.2, 0) is 0 Å². The van der Waals surface area contributed by atoms with Gasteiger partial charge in [0.2, 0.25) is 0 Å². The molecule has 4 rings (SSSR count). The summed E-state index contributed by atoms with van der Waals surface area (Å²) in [6.07, 6.45) is 0. The number of para-hydroxylation sites is 1. The van der Waals surface area contributed by atoms with Gasteiger partial charge in [0.1, 0.15) is 0 Å². The van der Waals surface area contributed by atoms with E-state index in [0.717, 1.165) is 22.6 Å². The third-order valence-corrected chi connectivity index (χ3v) is 3.31. The maximum absolute atomic E-state index is 4.33. The predicted molar refractivity (Wildman–Crippen MR) is 75.9 cm³/mol. The Morgan fingerprint density at radius 2 is 1.47 bits per heavy atom. The lowest BCUT2D eigenvalue weighted by Crippen LogP contribution is -1.91. The molecule has 3 nitrogen and oxygen atoms in total.